The molecule has 1 saturated carbocycles. The van der Waals surface area contributed by atoms with Crippen molar-refractivity contribution in [2.45, 2.75) is 50.9 Å². The molecule has 1 aromatic rings. The van der Waals surface area contributed by atoms with Crippen LogP contribution in [0.2, 0.25) is 0 Å². The van der Waals surface area contributed by atoms with E-state index in [0.717, 1.165) is 24.5 Å². The minimum Gasteiger partial charge on any atom is -0.479 e. The van der Waals surface area contributed by atoms with Gasteiger partial charge in [0.1, 0.15) is 11.9 Å². The highest BCUT2D eigenvalue weighted by Gasteiger charge is 2.37. The Morgan fingerprint density at radius 2 is 2.12 bits per heavy atom. The van der Waals surface area contributed by atoms with Gasteiger partial charge in [-0.3, -0.25) is 0 Å². The molecule has 6 nitrogen and oxygen atoms in total. The fourth-order valence-corrected chi connectivity index (χ4v) is 2.40. The molecule has 0 radical (unpaired) electrons. The summed E-state index contributed by atoms with van der Waals surface area (Å²) < 4.78 is 7.62. The molecule has 0 spiro atoms. The first kappa shape index (κ1) is 10.7. The van der Waals surface area contributed by atoms with Crippen LogP contribution >= 0.6 is 0 Å². The molecule has 92 valence electrons. The Balaban J connectivity index is 1.83. The number of hydrogen-bond donors (Lipinski definition) is 1. The Labute approximate surface area is 98.6 Å². The Bertz CT molecular complexity index is 453. The second kappa shape index (κ2) is 3.80. The zero-order valence-corrected chi connectivity index (χ0v) is 9.67. The van der Waals surface area contributed by atoms with Crippen molar-refractivity contribution < 1.29 is 14.6 Å². The fourth-order valence-electron chi connectivity index (χ4n) is 2.40. The number of aliphatic carboxylic acids is 1. The topological polar surface area (TPSA) is 77.2 Å². The van der Waals surface area contributed by atoms with Gasteiger partial charge < -0.3 is 14.4 Å². The van der Waals surface area contributed by atoms with Gasteiger partial charge >= 0.3 is 5.97 Å². The summed E-state index contributed by atoms with van der Waals surface area (Å²) in [7, 11) is 0. The van der Waals surface area contributed by atoms with E-state index in [1.54, 1.807) is 0 Å². The standard InChI is InChI=1S/C11H15N3O3/c1-6-12-13-10(14(6)7-2-3-7)8-4-5-9(17-8)11(15)16/h7-9H,2-5H2,1H3,(H,15,16). The number of ether oxygens (including phenoxy) is 1. The predicted molar refractivity (Wildman–Crippen MR) is 57.5 cm³/mol. The van der Waals surface area contributed by atoms with Gasteiger partial charge in [0.15, 0.2) is 11.9 Å². The number of aryl methyl sites for hydroxylation is 1. The minimum atomic E-state index is -0.887. The molecule has 1 aliphatic carbocycles. The number of aromatic nitrogens is 3. The van der Waals surface area contributed by atoms with E-state index in [-0.39, 0.29) is 6.10 Å². The van der Waals surface area contributed by atoms with Crippen molar-refractivity contribution in [3.63, 3.8) is 0 Å². The van der Waals surface area contributed by atoms with Gasteiger partial charge in [-0.15, -0.1) is 10.2 Å². The maximum atomic E-state index is 10.8. The first-order valence-corrected chi connectivity index (χ1v) is 5.96. The van der Waals surface area contributed by atoms with E-state index in [9.17, 15) is 4.79 Å². The summed E-state index contributed by atoms with van der Waals surface area (Å²) in [4.78, 5) is 10.8. The lowest BCUT2D eigenvalue weighted by atomic mass is 10.2. The Hall–Kier alpha value is -1.43. The maximum absolute atomic E-state index is 10.8. The molecule has 2 fully saturated rings. The molecule has 1 aromatic heterocycles. The molecule has 2 atom stereocenters. The van der Waals surface area contributed by atoms with E-state index in [1.165, 1.54) is 0 Å². The molecule has 3 rings (SSSR count). The monoisotopic (exact) mass is 237 g/mol. The van der Waals surface area contributed by atoms with Gasteiger partial charge in [0.05, 0.1) is 0 Å². The largest absolute Gasteiger partial charge is 0.479 e. The third-order valence-corrected chi connectivity index (χ3v) is 3.39. The number of rotatable bonds is 3. The van der Waals surface area contributed by atoms with Crippen molar-refractivity contribution in [1.29, 1.82) is 0 Å². The predicted octanol–water partition coefficient (Wildman–Crippen LogP) is 1.23. The smallest absolute Gasteiger partial charge is 0.332 e. The lowest BCUT2D eigenvalue weighted by molar-refractivity contribution is -0.149. The van der Waals surface area contributed by atoms with Crippen molar-refractivity contribution in [3.05, 3.63) is 11.6 Å². The van der Waals surface area contributed by atoms with E-state index in [0.29, 0.717) is 18.9 Å². The summed E-state index contributed by atoms with van der Waals surface area (Å²) in [6, 6.07) is 0.493. The van der Waals surface area contributed by atoms with Crippen LogP contribution in [0.15, 0.2) is 0 Å². The lowest BCUT2D eigenvalue weighted by Crippen LogP contribution is -2.19. The van der Waals surface area contributed by atoms with E-state index in [1.807, 2.05) is 6.92 Å². The number of carboxylic acids is 1. The highest BCUT2D eigenvalue weighted by molar-refractivity contribution is 5.72. The zero-order valence-electron chi connectivity index (χ0n) is 9.67. The first-order valence-electron chi connectivity index (χ1n) is 5.96. The van der Waals surface area contributed by atoms with Gasteiger partial charge in [-0.05, 0) is 32.6 Å². The van der Waals surface area contributed by atoms with Crippen molar-refractivity contribution in [3.8, 4) is 0 Å². The van der Waals surface area contributed by atoms with Crippen LogP contribution in [-0.4, -0.2) is 31.9 Å². The molecule has 6 heteroatoms. The number of carbonyl (C=O) groups is 1. The van der Waals surface area contributed by atoms with Gasteiger partial charge in [-0.1, -0.05) is 0 Å². The van der Waals surface area contributed by atoms with Crippen LogP contribution in [0.5, 0.6) is 0 Å². The van der Waals surface area contributed by atoms with Gasteiger partial charge in [0.25, 0.3) is 0 Å². The summed E-state index contributed by atoms with van der Waals surface area (Å²) in [6.07, 6.45) is 2.67. The van der Waals surface area contributed by atoms with Gasteiger partial charge in [-0.25, -0.2) is 4.79 Å². The zero-order chi connectivity index (χ0) is 12.0. The maximum Gasteiger partial charge on any atom is 0.332 e. The second-order valence-corrected chi connectivity index (χ2v) is 4.74. The highest BCUT2D eigenvalue weighted by Crippen LogP contribution is 2.40. The molecule has 2 unspecified atom stereocenters. The van der Waals surface area contributed by atoms with E-state index >= 15 is 0 Å². The number of nitrogens with zero attached hydrogens (tertiary/aromatic N) is 3. The minimum absolute atomic E-state index is 0.210. The summed E-state index contributed by atoms with van der Waals surface area (Å²) in [6.45, 7) is 1.93. The summed E-state index contributed by atoms with van der Waals surface area (Å²) in [5, 5.41) is 17.1. The van der Waals surface area contributed by atoms with Crippen LogP contribution in [-0.2, 0) is 9.53 Å². The Morgan fingerprint density at radius 3 is 2.71 bits per heavy atom. The van der Waals surface area contributed by atoms with Crippen LogP contribution in [0.4, 0.5) is 0 Å². The van der Waals surface area contributed by atoms with Crippen molar-refractivity contribution in [2.75, 3.05) is 0 Å². The molecule has 0 aromatic carbocycles. The van der Waals surface area contributed by atoms with Gasteiger partial charge in [0.2, 0.25) is 0 Å². The third kappa shape index (κ3) is 1.82. The average Bonchev–Trinajstić information content (AvgIpc) is 2.87. The first-order chi connectivity index (χ1) is 8.16. The average molecular weight is 237 g/mol. The van der Waals surface area contributed by atoms with Crippen LogP contribution < -0.4 is 0 Å². The molecule has 1 aliphatic heterocycles. The molecule has 17 heavy (non-hydrogen) atoms. The highest BCUT2D eigenvalue weighted by atomic mass is 16.5. The van der Waals surface area contributed by atoms with E-state index in [2.05, 4.69) is 14.8 Å². The van der Waals surface area contributed by atoms with Crippen molar-refractivity contribution >= 4 is 5.97 Å². The molecule has 1 N–H and O–H groups in total. The molecular weight excluding hydrogens is 222 g/mol. The molecule has 2 heterocycles. The summed E-state index contributed by atoms with van der Waals surface area (Å²) >= 11 is 0. The molecule has 0 amide bonds. The molecule has 2 aliphatic rings. The number of hydrogen-bond acceptors (Lipinski definition) is 4. The summed E-state index contributed by atoms with van der Waals surface area (Å²) in [5.41, 5.74) is 0. The molecular formula is C11H15N3O3. The van der Waals surface area contributed by atoms with E-state index in [4.69, 9.17) is 9.84 Å². The third-order valence-electron chi connectivity index (χ3n) is 3.39. The summed E-state index contributed by atoms with van der Waals surface area (Å²) in [5.74, 6) is 0.806. The van der Waals surface area contributed by atoms with Crippen molar-refractivity contribution in [2.24, 2.45) is 0 Å². The van der Waals surface area contributed by atoms with Crippen LogP contribution in [0.25, 0.3) is 0 Å². The molecule has 0 bridgehead atoms. The van der Waals surface area contributed by atoms with Crippen LogP contribution in [0.3, 0.4) is 0 Å². The fraction of sp³-hybridized carbons (Fsp3) is 0.727. The van der Waals surface area contributed by atoms with Crippen molar-refractivity contribution in [1.82, 2.24) is 14.8 Å². The number of carboxylic acid groups (broad SMARTS) is 1. The Morgan fingerprint density at radius 1 is 1.35 bits per heavy atom. The van der Waals surface area contributed by atoms with Gasteiger partial charge in [-0.2, -0.15) is 0 Å². The Kier molecular flexibility index (Phi) is 2.39. The SMILES string of the molecule is Cc1nnc(C2CCC(C(=O)O)O2)n1C1CC1. The van der Waals surface area contributed by atoms with Gasteiger partial charge in [0, 0.05) is 6.04 Å². The second-order valence-electron chi connectivity index (χ2n) is 4.74. The molecule has 1 saturated heterocycles. The quantitative estimate of drug-likeness (QED) is 0.855. The van der Waals surface area contributed by atoms with Crippen LogP contribution in [0.1, 0.15) is 49.5 Å². The van der Waals surface area contributed by atoms with E-state index < -0.39 is 12.1 Å². The normalized spacial score (nSPS) is 28.5. The lowest BCUT2D eigenvalue weighted by Gasteiger charge is -2.12. The van der Waals surface area contributed by atoms with Crippen LogP contribution in [0, 0.1) is 6.92 Å².